The molecule has 1 atom stereocenters. The fraction of sp³-hybridized carbons (Fsp3) is 0.923. The van der Waals surface area contributed by atoms with Crippen molar-refractivity contribution in [2.45, 2.75) is 31.8 Å². The minimum atomic E-state index is -0.745. The summed E-state index contributed by atoms with van der Waals surface area (Å²) in [6.45, 7) is 3.58. The lowest BCUT2D eigenvalue weighted by molar-refractivity contribution is -0.138. The van der Waals surface area contributed by atoms with Crippen molar-refractivity contribution >= 4 is 5.97 Å². The van der Waals surface area contributed by atoms with Crippen LogP contribution in [0.5, 0.6) is 0 Å². The van der Waals surface area contributed by atoms with Gasteiger partial charge in [-0.05, 0) is 46.3 Å². The first-order valence-electron chi connectivity index (χ1n) is 6.78. The van der Waals surface area contributed by atoms with Crippen LogP contribution < -0.4 is 0 Å². The van der Waals surface area contributed by atoms with Gasteiger partial charge in [-0.25, -0.2) is 0 Å². The molecule has 0 radical (unpaired) electrons. The molecule has 1 saturated heterocycles. The van der Waals surface area contributed by atoms with E-state index in [0.717, 1.165) is 45.5 Å². The predicted molar refractivity (Wildman–Crippen MR) is 70.8 cm³/mol. The molecule has 0 spiro atoms. The molecule has 0 aromatic heterocycles. The van der Waals surface area contributed by atoms with Gasteiger partial charge in [-0.1, -0.05) is 0 Å². The van der Waals surface area contributed by atoms with Gasteiger partial charge in [0.05, 0.1) is 12.6 Å². The first kappa shape index (κ1) is 15.4. The number of hydrogen-bond donors (Lipinski definition) is 1. The van der Waals surface area contributed by atoms with Crippen LogP contribution in [0.15, 0.2) is 0 Å². The fourth-order valence-electron chi connectivity index (χ4n) is 2.22. The summed E-state index contributed by atoms with van der Waals surface area (Å²) < 4.78 is 5.57. The molecule has 1 rings (SSSR count). The molecule has 1 heterocycles. The summed E-state index contributed by atoms with van der Waals surface area (Å²) in [4.78, 5) is 14.9. The van der Waals surface area contributed by atoms with E-state index in [1.165, 1.54) is 6.42 Å². The monoisotopic (exact) mass is 258 g/mol. The molecular weight excluding hydrogens is 232 g/mol. The molecule has 0 bridgehead atoms. The Labute approximate surface area is 110 Å². The Kier molecular flexibility index (Phi) is 7.23. The van der Waals surface area contributed by atoms with E-state index in [9.17, 15) is 4.79 Å². The van der Waals surface area contributed by atoms with Crippen molar-refractivity contribution < 1.29 is 14.6 Å². The van der Waals surface area contributed by atoms with Gasteiger partial charge in [0.1, 0.15) is 0 Å². The van der Waals surface area contributed by atoms with Crippen LogP contribution in [0.1, 0.15) is 25.7 Å². The molecule has 1 unspecified atom stereocenters. The standard InChI is InChI=1S/C13H26N2O3/c1-14(2)8-9-15(11-13(16)17)7-3-5-12-6-4-10-18-12/h12H,3-11H2,1-2H3,(H,16,17). The van der Waals surface area contributed by atoms with Gasteiger partial charge < -0.3 is 14.7 Å². The summed E-state index contributed by atoms with van der Waals surface area (Å²) in [5.41, 5.74) is 0. The second-order valence-electron chi connectivity index (χ2n) is 5.25. The summed E-state index contributed by atoms with van der Waals surface area (Å²) in [5.74, 6) is -0.745. The van der Waals surface area contributed by atoms with Crippen molar-refractivity contribution in [2.24, 2.45) is 0 Å². The first-order valence-corrected chi connectivity index (χ1v) is 6.78. The van der Waals surface area contributed by atoms with Gasteiger partial charge in [0, 0.05) is 19.7 Å². The van der Waals surface area contributed by atoms with Gasteiger partial charge in [-0.15, -0.1) is 0 Å². The second kappa shape index (κ2) is 8.45. The molecule has 106 valence electrons. The Morgan fingerprint density at radius 2 is 2.11 bits per heavy atom. The van der Waals surface area contributed by atoms with E-state index in [1.54, 1.807) is 0 Å². The van der Waals surface area contributed by atoms with Crippen LogP contribution in [-0.2, 0) is 9.53 Å². The quantitative estimate of drug-likeness (QED) is 0.666. The zero-order valence-electron chi connectivity index (χ0n) is 11.6. The molecule has 5 heteroatoms. The Morgan fingerprint density at radius 1 is 1.33 bits per heavy atom. The van der Waals surface area contributed by atoms with Crippen molar-refractivity contribution in [3.63, 3.8) is 0 Å². The Balaban J connectivity index is 2.19. The highest BCUT2D eigenvalue weighted by molar-refractivity contribution is 5.69. The van der Waals surface area contributed by atoms with E-state index >= 15 is 0 Å². The van der Waals surface area contributed by atoms with Crippen LogP contribution in [0.3, 0.4) is 0 Å². The number of nitrogens with zero attached hydrogens (tertiary/aromatic N) is 2. The van der Waals surface area contributed by atoms with Crippen molar-refractivity contribution in [3.05, 3.63) is 0 Å². The predicted octanol–water partition coefficient (Wildman–Crippen LogP) is 0.894. The smallest absolute Gasteiger partial charge is 0.317 e. The third-order valence-corrected chi connectivity index (χ3v) is 3.25. The average molecular weight is 258 g/mol. The van der Waals surface area contributed by atoms with Crippen molar-refractivity contribution in [2.75, 3.05) is 46.9 Å². The number of carbonyl (C=O) groups is 1. The molecular formula is C13H26N2O3. The number of aliphatic carboxylic acids is 1. The van der Waals surface area contributed by atoms with Crippen LogP contribution in [0.25, 0.3) is 0 Å². The highest BCUT2D eigenvalue weighted by Crippen LogP contribution is 2.16. The highest BCUT2D eigenvalue weighted by Gasteiger charge is 2.16. The SMILES string of the molecule is CN(C)CCN(CCCC1CCCO1)CC(=O)O. The molecule has 0 aliphatic carbocycles. The average Bonchev–Trinajstić information content (AvgIpc) is 2.77. The molecule has 0 amide bonds. The van der Waals surface area contributed by atoms with Crippen LogP contribution in [0.4, 0.5) is 0 Å². The van der Waals surface area contributed by atoms with Crippen LogP contribution in [0.2, 0.25) is 0 Å². The maximum atomic E-state index is 10.8. The molecule has 0 aromatic rings. The normalized spacial score (nSPS) is 19.9. The minimum absolute atomic E-state index is 0.138. The number of carboxylic acid groups (broad SMARTS) is 1. The van der Waals surface area contributed by atoms with Crippen LogP contribution in [0, 0.1) is 0 Å². The lowest BCUT2D eigenvalue weighted by atomic mass is 10.1. The minimum Gasteiger partial charge on any atom is -0.480 e. The molecule has 1 fully saturated rings. The number of likely N-dealkylation sites (N-methyl/N-ethyl adjacent to an activating group) is 1. The summed E-state index contributed by atoms with van der Waals surface area (Å²) in [7, 11) is 4.01. The maximum Gasteiger partial charge on any atom is 0.317 e. The number of hydrogen-bond acceptors (Lipinski definition) is 4. The molecule has 1 N–H and O–H groups in total. The van der Waals surface area contributed by atoms with Gasteiger partial charge in [0.25, 0.3) is 0 Å². The van der Waals surface area contributed by atoms with E-state index in [1.807, 2.05) is 19.0 Å². The van der Waals surface area contributed by atoms with Crippen LogP contribution >= 0.6 is 0 Å². The lowest BCUT2D eigenvalue weighted by Crippen LogP contribution is -2.36. The largest absolute Gasteiger partial charge is 0.480 e. The topological polar surface area (TPSA) is 53.0 Å². The second-order valence-corrected chi connectivity index (χ2v) is 5.25. The summed E-state index contributed by atoms with van der Waals surface area (Å²) in [6, 6.07) is 0. The highest BCUT2D eigenvalue weighted by atomic mass is 16.5. The van der Waals surface area contributed by atoms with Crippen molar-refractivity contribution in [1.82, 2.24) is 9.80 Å². The number of ether oxygens (including phenoxy) is 1. The molecule has 0 saturated carbocycles. The summed E-state index contributed by atoms with van der Waals surface area (Å²) in [5, 5.41) is 8.88. The van der Waals surface area contributed by atoms with E-state index in [2.05, 4.69) is 4.90 Å². The Morgan fingerprint density at radius 3 is 2.67 bits per heavy atom. The van der Waals surface area contributed by atoms with E-state index in [0.29, 0.717) is 6.10 Å². The Hall–Kier alpha value is -0.650. The summed E-state index contributed by atoms with van der Waals surface area (Å²) >= 11 is 0. The molecule has 5 nitrogen and oxygen atoms in total. The fourth-order valence-corrected chi connectivity index (χ4v) is 2.22. The van der Waals surface area contributed by atoms with Crippen molar-refractivity contribution in [1.29, 1.82) is 0 Å². The molecule has 1 aliphatic rings. The molecule has 0 aromatic carbocycles. The van der Waals surface area contributed by atoms with Crippen LogP contribution in [-0.4, -0.2) is 73.9 Å². The molecule has 18 heavy (non-hydrogen) atoms. The third kappa shape index (κ3) is 6.93. The van der Waals surface area contributed by atoms with Gasteiger partial charge in [-0.2, -0.15) is 0 Å². The Bertz CT molecular complexity index is 240. The summed E-state index contributed by atoms with van der Waals surface area (Å²) in [6.07, 6.45) is 4.81. The van der Waals surface area contributed by atoms with E-state index in [-0.39, 0.29) is 6.54 Å². The van der Waals surface area contributed by atoms with E-state index < -0.39 is 5.97 Å². The number of carboxylic acids is 1. The zero-order valence-corrected chi connectivity index (χ0v) is 11.6. The maximum absolute atomic E-state index is 10.8. The van der Waals surface area contributed by atoms with Gasteiger partial charge in [-0.3, -0.25) is 9.69 Å². The van der Waals surface area contributed by atoms with Crippen molar-refractivity contribution in [3.8, 4) is 0 Å². The molecule has 1 aliphatic heterocycles. The first-order chi connectivity index (χ1) is 8.58. The van der Waals surface area contributed by atoms with E-state index in [4.69, 9.17) is 9.84 Å². The zero-order chi connectivity index (χ0) is 13.4. The van der Waals surface area contributed by atoms with Gasteiger partial charge in [0.15, 0.2) is 0 Å². The third-order valence-electron chi connectivity index (χ3n) is 3.25. The van der Waals surface area contributed by atoms with Gasteiger partial charge >= 0.3 is 5.97 Å². The lowest BCUT2D eigenvalue weighted by Gasteiger charge is -2.22. The van der Waals surface area contributed by atoms with Gasteiger partial charge in [0.2, 0.25) is 0 Å². The number of rotatable bonds is 9.